The van der Waals surface area contributed by atoms with Gasteiger partial charge in [-0.05, 0) is 38.4 Å². The van der Waals surface area contributed by atoms with Gasteiger partial charge in [0.25, 0.3) is 0 Å². The van der Waals surface area contributed by atoms with Crippen molar-refractivity contribution in [1.29, 1.82) is 0 Å². The Labute approximate surface area is 114 Å². The lowest BCUT2D eigenvalue weighted by Crippen LogP contribution is -2.08. The van der Waals surface area contributed by atoms with Crippen molar-refractivity contribution in [3.05, 3.63) is 47.7 Å². The van der Waals surface area contributed by atoms with Crippen molar-refractivity contribution in [3.63, 3.8) is 0 Å². The Bertz CT molecular complexity index is 467. The van der Waals surface area contributed by atoms with Gasteiger partial charge < -0.3 is 9.73 Å². The van der Waals surface area contributed by atoms with Gasteiger partial charge in [-0.1, -0.05) is 30.3 Å². The highest BCUT2D eigenvalue weighted by Crippen LogP contribution is 2.08. The Morgan fingerprint density at radius 1 is 0.947 bits per heavy atom. The summed E-state index contributed by atoms with van der Waals surface area (Å²) in [5.41, 5.74) is 1.36. The van der Waals surface area contributed by atoms with Crippen molar-refractivity contribution in [2.45, 2.75) is 32.1 Å². The molecule has 2 aromatic rings. The van der Waals surface area contributed by atoms with Gasteiger partial charge in [-0.2, -0.15) is 0 Å². The first kappa shape index (κ1) is 13.7. The Balaban J connectivity index is 1.71. The fourth-order valence-electron chi connectivity index (χ4n) is 2.00. The maximum Gasteiger partial charge on any atom is 0.216 e. The predicted molar refractivity (Wildman–Crippen MR) is 75.0 cm³/mol. The maximum atomic E-state index is 5.62. The number of rotatable bonds is 8. The molecule has 0 bridgehead atoms. The van der Waals surface area contributed by atoms with Crippen LogP contribution in [0.25, 0.3) is 0 Å². The highest BCUT2D eigenvalue weighted by atomic mass is 16.4. The van der Waals surface area contributed by atoms with Gasteiger partial charge in [0.2, 0.25) is 11.8 Å². The summed E-state index contributed by atoms with van der Waals surface area (Å²) in [5, 5.41) is 11.3. The minimum atomic E-state index is 0.755. The molecule has 4 nitrogen and oxygen atoms in total. The normalized spacial score (nSPS) is 10.8. The van der Waals surface area contributed by atoms with Gasteiger partial charge in [0, 0.05) is 12.8 Å². The molecular formula is C15H21N3O. The second kappa shape index (κ2) is 7.69. The van der Waals surface area contributed by atoms with Crippen molar-refractivity contribution in [2.24, 2.45) is 0 Å². The largest absolute Gasteiger partial charge is 0.425 e. The lowest BCUT2D eigenvalue weighted by molar-refractivity contribution is 0.439. The van der Waals surface area contributed by atoms with Crippen molar-refractivity contribution in [2.75, 3.05) is 13.6 Å². The molecule has 0 fully saturated rings. The second-order valence-electron chi connectivity index (χ2n) is 4.64. The molecule has 19 heavy (non-hydrogen) atoms. The van der Waals surface area contributed by atoms with E-state index in [1.807, 2.05) is 13.1 Å². The van der Waals surface area contributed by atoms with Gasteiger partial charge in [-0.25, -0.2) is 0 Å². The number of benzene rings is 1. The van der Waals surface area contributed by atoms with Crippen molar-refractivity contribution in [3.8, 4) is 0 Å². The van der Waals surface area contributed by atoms with Crippen molar-refractivity contribution in [1.82, 2.24) is 15.5 Å². The van der Waals surface area contributed by atoms with Crippen LogP contribution < -0.4 is 5.32 Å². The highest BCUT2D eigenvalue weighted by molar-refractivity contribution is 5.14. The molecule has 0 aliphatic heterocycles. The summed E-state index contributed by atoms with van der Waals surface area (Å²) >= 11 is 0. The molecule has 0 unspecified atom stereocenters. The molecule has 4 heteroatoms. The fraction of sp³-hybridized carbons (Fsp3) is 0.467. The molecule has 1 heterocycles. The standard InChI is InChI=1S/C15H21N3O/c1-16-12-6-11-15-18-17-14(19-15)10-5-9-13-7-3-2-4-8-13/h2-4,7-8,16H,5-6,9-12H2,1H3. The highest BCUT2D eigenvalue weighted by Gasteiger charge is 2.05. The zero-order valence-corrected chi connectivity index (χ0v) is 11.4. The molecule has 102 valence electrons. The van der Waals surface area contributed by atoms with Gasteiger partial charge in [0.05, 0.1) is 0 Å². The summed E-state index contributed by atoms with van der Waals surface area (Å²) < 4.78 is 5.62. The summed E-state index contributed by atoms with van der Waals surface area (Å²) in [5.74, 6) is 1.51. The van der Waals surface area contributed by atoms with E-state index in [9.17, 15) is 0 Å². The number of nitrogens with zero attached hydrogens (tertiary/aromatic N) is 2. The van der Waals surface area contributed by atoms with Crippen LogP contribution in [0.3, 0.4) is 0 Å². The van der Waals surface area contributed by atoms with Gasteiger partial charge in [0.15, 0.2) is 0 Å². The molecule has 0 amide bonds. The third kappa shape index (κ3) is 4.83. The number of aryl methyl sites for hydroxylation is 3. The van der Waals surface area contributed by atoms with E-state index in [4.69, 9.17) is 4.42 Å². The predicted octanol–water partition coefficient (Wildman–Crippen LogP) is 2.40. The van der Waals surface area contributed by atoms with E-state index in [0.717, 1.165) is 50.4 Å². The van der Waals surface area contributed by atoms with Gasteiger partial charge in [0.1, 0.15) is 0 Å². The summed E-state index contributed by atoms with van der Waals surface area (Å²) in [6.45, 7) is 0.978. The first-order valence-electron chi connectivity index (χ1n) is 6.88. The minimum Gasteiger partial charge on any atom is -0.425 e. The molecule has 0 aliphatic carbocycles. The third-order valence-corrected chi connectivity index (χ3v) is 3.03. The van der Waals surface area contributed by atoms with E-state index in [-0.39, 0.29) is 0 Å². The molecule has 1 aromatic heterocycles. The molecule has 2 rings (SSSR count). The molecule has 0 atom stereocenters. The number of hydrogen-bond acceptors (Lipinski definition) is 4. The monoisotopic (exact) mass is 259 g/mol. The van der Waals surface area contributed by atoms with Crippen LogP contribution in [0.1, 0.15) is 30.2 Å². The smallest absolute Gasteiger partial charge is 0.216 e. The minimum absolute atomic E-state index is 0.755. The zero-order chi connectivity index (χ0) is 13.3. The van der Waals surface area contributed by atoms with Crippen LogP contribution in [0.5, 0.6) is 0 Å². The van der Waals surface area contributed by atoms with Crippen molar-refractivity contribution >= 4 is 0 Å². The molecule has 0 aliphatic rings. The van der Waals surface area contributed by atoms with Crippen LogP contribution in [-0.2, 0) is 19.3 Å². The van der Waals surface area contributed by atoms with E-state index in [1.54, 1.807) is 0 Å². The average Bonchev–Trinajstić information content (AvgIpc) is 2.88. The first-order chi connectivity index (χ1) is 9.38. The van der Waals surface area contributed by atoms with Crippen LogP contribution >= 0.6 is 0 Å². The fourth-order valence-corrected chi connectivity index (χ4v) is 2.00. The first-order valence-corrected chi connectivity index (χ1v) is 6.88. The number of hydrogen-bond donors (Lipinski definition) is 1. The summed E-state index contributed by atoms with van der Waals surface area (Å²) in [4.78, 5) is 0. The Morgan fingerprint density at radius 3 is 2.32 bits per heavy atom. The lowest BCUT2D eigenvalue weighted by atomic mass is 10.1. The topological polar surface area (TPSA) is 51.0 Å². The van der Waals surface area contributed by atoms with E-state index < -0.39 is 0 Å². The molecule has 0 saturated carbocycles. The van der Waals surface area contributed by atoms with Crippen molar-refractivity contribution < 1.29 is 4.42 Å². The van der Waals surface area contributed by atoms with Crippen LogP contribution in [0, 0.1) is 0 Å². The Hall–Kier alpha value is -1.68. The lowest BCUT2D eigenvalue weighted by Gasteiger charge is -1.98. The summed E-state index contributed by atoms with van der Waals surface area (Å²) in [7, 11) is 1.95. The average molecular weight is 259 g/mol. The third-order valence-electron chi connectivity index (χ3n) is 3.03. The second-order valence-corrected chi connectivity index (χ2v) is 4.64. The molecule has 0 saturated heterocycles. The number of aromatic nitrogens is 2. The molecule has 1 N–H and O–H groups in total. The van der Waals surface area contributed by atoms with Crippen LogP contribution in [0.2, 0.25) is 0 Å². The van der Waals surface area contributed by atoms with E-state index in [2.05, 4.69) is 39.8 Å². The molecular weight excluding hydrogens is 238 g/mol. The van der Waals surface area contributed by atoms with E-state index in [1.165, 1.54) is 5.56 Å². The van der Waals surface area contributed by atoms with Gasteiger partial charge in [-0.3, -0.25) is 0 Å². The quantitative estimate of drug-likeness (QED) is 0.740. The van der Waals surface area contributed by atoms with Gasteiger partial charge in [-0.15, -0.1) is 10.2 Å². The molecule has 0 radical (unpaired) electrons. The zero-order valence-electron chi connectivity index (χ0n) is 11.4. The number of nitrogens with one attached hydrogen (secondary N) is 1. The maximum absolute atomic E-state index is 5.62. The Kier molecular flexibility index (Phi) is 5.56. The van der Waals surface area contributed by atoms with Crippen LogP contribution in [0.15, 0.2) is 34.7 Å². The Morgan fingerprint density at radius 2 is 1.63 bits per heavy atom. The summed E-state index contributed by atoms with van der Waals surface area (Å²) in [6.07, 6.45) is 4.84. The molecule has 0 spiro atoms. The SMILES string of the molecule is CNCCCc1nnc(CCCc2ccccc2)o1. The van der Waals surface area contributed by atoms with E-state index >= 15 is 0 Å². The van der Waals surface area contributed by atoms with E-state index in [0.29, 0.717) is 0 Å². The van der Waals surface area contributed by atoms with Crippen LogP contribution in [0.4, 0.5) is 0 Å². The molecule has 1 aromatic carbocycles. The van der Waals surface area contributed by atoms with Gasteiger partial charge >= 0.3 is 0 Å². The van der Waals surface area contributed by atoms with Crippen LogP contribution in [-0.4, -0.2) is 23.8 Å². The summed E-state index contributed by atoms with van der Waals surface area (Å²) in [6, 6.07) is 10.5.